The molecule has 0 N–H and O–H groups in total. The molecule has 4 aromatic carbocycles. The Bertz CT molecular complexity index is 3100. The van der Waals surface area contributed by atoms with Crippen LogP contribution in [0.2, 0.25) is 10.0 Å². The van der Waals surface area contributed by atoms with Crippen molar-refractivity contribution in [1.29, 1.82) is 10.5 Å². The predicted molar refractivity (Wildman–Crippen MR) is 226 cm³/mol. The van der Waals surface area contributed by atoms with Crippen LogP contribution in [0.3, 0.4) is 0 Å². The second kappa shape index (κ2) is 14.3. The number of hydrogen-bond donors (Lipinski definition) is 0. The summed E-state index contributed by atoms with van der Waals surface area (Å²) in [7, 11) is 0. The van der Waals surface area contributed by atoms with Crippen LogP contribution in [0.5, 0.6) is 0 Å². The van der Waals surface area contributed by atoms with E-state index in [2.05, 4.69) is 67.1 Å². The fraction of sp³-hybridized carbons (Fsp3) is 0.0889. The number of nitriles is 2. The summed E-state index contributed by atoms with van der Waals surface area (Å²) in [6.07, 6.45) is 7.54. The molecule has 5 heterocycles. The molecule has 55 heavy (non-hydrogen) atoms. The summed E-state index contributed by atoms with van der Waals surface area (Å²) in [6, 6.07) is 31.9. The monoisotopic (exact) mass is 817 g/mol. The Morgan fingerprint density at radius 2 is 1.05 bits per heavy atom. The first kappa shape index (κ1) is 36.0. The van der Waals surface area contributed by atoms with Gasteiger partial charge in [-0.1, -0.05) is 39.1 Å². The summed E-state index contributed by atoms with van der Waals surface area (Å²) in [4.78, 5) is 13.5. The van der Waals surface area contributed by atoms with Crippen molar-refractivity contribution in [3.05, 3.63) is 158 Å². The molecule has 0 aliphatic carbocycles. The van der Waals surface area contributed by atoms with Crippen LogP contribution >= 0.6 is 39.1 Å². The molecule has 0 amide bonds. The zero-order chi connectivity index (χ0) is 38.5. The van der Waals surface area contributed by atoms with Crippen molar-refractivity contribution in [1.82, 2.24) is 24.1 Å². The predicted octanol–water partition coefficient (Wildman–Crippen LogP) is 12.5. The number of benzene rings is 4. The molecule has 7 nitrogen and oxygen atoms in total. The second-order valence-electron chi connectivity index (χ2n) is 13.3. The van der Waals surface area contributed by atoms with Crippen molar-refractivity contribution in [3.8, 4) is 34.6 Å². The summed E-state index contributed by atoms with van der Waals surface area (Å²) in [6.45, 7) is 8.16. The zero-order valence-electron chi connectivity index (χ0n) is 30.2. The maximum absolute atomic E-state index is 9.79. The Kier molecular flexibility index (Phi) is 9.37. The minimum Gasteiger partial charge on any atom is -0.315 e. The van der Waals surface area contributed by atoms with E-state index in [0.29, 0.717) is 21.2 Å². The lowest BCUT2D eigenvalue weighted by molar-refractivity contribution is 1.08. The van der Waals surface area contributed by atoms with Crippen LogP contribution in [0.1, 0.15) is 33.6 Å². The van der Waals surface area contributed by atoms with Gasteiger partial charge in [0.05, 0.1) is 56.7 Å². The van der Waals surface area contributed by atoms with Crippen LogP contribution in [0.25, 0.3) is 66.1 Å². The molecule has 9 aromatic rings. The van der Waals surface area contributed by atoms with Crippen molar-refractivity contribution in [3.63, 3.8) is 0 Å². The summed E-state index contributed by atoms with van der Waals surface area (Å²) in [5.41, 5.74) is 13.2. The molecule has 0 unspecified atom stereocenters. The van der Waals surface area contributed by atoms with E-state index in [1.165, 1.54) is 0 Å². The second-order valence-corrected chi connectivity index (χ2v) is 15.1. The maximum Gasteiger partial charge on any atom is 0.0999 e. The molecule has 0 spiro atoms. The van der Waals surface area contributed by atoms with Gasteiger partial charge in [0.2, 0.25) is 0 Å². The number of halogens is 3. The molecular formula is C45H30BrCl2N7. The van der Waals surface area contributed by atoms with Crippen molar-refractivity contribution >= 4 is 82.7 Å². The quantitative estimate of drug-likeness (QED) is 0.177. The normalized spacial score (nSPS) is 11.1. The molecule has 10 heteroatoms. The van der Waals surface area contributed by atoms with Gasteiger partial charge in [0.25, 0.3) is 0 Å². The summed E-state index contributed by atoms with van der Waals surface area (Å²) >= 11 is 16.1. The molecule has 0 radical (unpaired) electrons. The first-order chi connectivity index (χ1) is 26.6. The van der Waals surface area contributed by atoms with Crippen molar-refractivity contribution < 1.29 is 0 Å². The topological polar surface area (TPSA) is 96.1 Å². The number of fused-ring (bicyclic) bond motifs is 4. The third-order valence-electron chi connectivity index (χ3n) is 10.1. The minimum absolute atomic E-state index is 0.642. The zero-order valence-corrected chi connectivity index (χ0v) is 33.3. The Morgan fingerprint density at radius 1 is 0.564 bits per heavy atom. The molecule has 0 saturated heterocycles. The average Bonchev–Trinajstić information content (AvgIpc) is 3.80. The third kappa shape index (κ3) is 6.39. The van der Waals surface area contributed by atoms with Crippen LogP contribution in [0.15, 0.2) is 114 Å². The van der Waals surface area contributed by atoms with Gasteiger partial charge in [-0.3, -0.25) is 15.0 Å². The first-order valence-corrected chi connectivity index (χ1v) is 18.9. The summed E-state index contributed by atoms with van der Waals surface area (Å²) in [5, 5.41) is 24.4. The van der Waals surface area contributed by atoms with E-state index in [0.717, 1.165) is 93.1 Å². The van der Waals surface area contributed by atoms with Crippen molar-refractivity contribution in [2.75, 3.05) is 0 Å². The Hall–Kier alpha value is -6.03. The molecule has 0 atom stereocenters. The van der Waals surface area contributed by atoms with E-state index in [1.807, 2.05) is 105 Å². The molecule has 0 bridgehead atoms. The van der Waals surface area contributed by atoms with Crippen LogP contribution in [-0.4, -0.2) is 24.1 Å². The van der Waals surface area contributed by atoms with E-state index in [9.17, 15) is 10.5 Å². The number of nitrogens with zero attached hydrogens (tertiary/aromatic N) is 7. The molecule has 0 saturated carbocycles. The lowest BCUT2D eigenvalue weighted by Gasteiger charge is -2.16. The van der Waals surface area contributed by atoms with Crippen molar-refractivity contribution in [2.45, 2.75) is 27.7 Å². The van der Waals surface area contributed by atoms with Crippen LogP contribution < -0.4 is 0 Å². The van der Waals surface area contributed by atoms with Crippen LogP contribution in [-0.2, 0) is 0 Å². The Balaban J connectivity index is 0.000000158. The van der Waals surface area contributed by atoms with Gasteiger partial charge in [0.15, 0.2) is 0 Å². The van der Waals surface area contributed by atoms with Gasteiger partial charge in [-0.05, 0) is 135 Å². The maximum atomic E-state index is 9.79. The SMILES string of the molecule is Cc1nc2ccc(Cl)cc2c(-n2ccc3c(C#N)cc(-c4ccncc4)cc32)c1C.Cc1nc2ccc(Cl)cc2c(-n2ccc3c(C#N)cc(Br)cc32)c1C. The largest absolute Gasteiger partial charge is 0.315 e. The van der Waals surface area contributed by atoms with E-state index < -0.39 is 0 Å². The highest BCUT2D eigenvalue weighted by Gasteiger charge is 2.18. The smallest absolute Gasteiger partial charge is 0.0999 e. The highest BCUT2D eigenvalue weighted by atomic mass is 79.9. The lowest BCUT2D eigenvalue weighted by Crippen LogP contribution is -2.02. The fourth-order valence-corrected chi connectivity index (χ4v) is 8.01. The summed E-state index contributed by atoms with van der Waals surface area (Å²) < 4.78 is 5.13. The summed E-state index contributed by atoms with van der Waals surface area (Å²) in [5.74, 6) is 0. The van der Waals surface area contributed by atoms with Gasteiger partial charge in [-0.2, -0.15) is 10.5 Å². The van der Waals surface area contributed by atoms with Gasteiger partial charge >= 0.3 is 0 Å². The van der Waals surface area contributed by atoms with Crippen molar-refractivity contribution in [2.24, 2.45) is 0 Å². The molecule has 0 aliphatic rings. The van der Waals surface area contributed by atoms with E-state index in [1.54, 1.807) is 12.4 Å². The van der Waals surface area contributed by atoms with E-state index >= 15 is 0 Å². The van der Waals surface area contributed by atoms with Crippen LogP contribution in [0, 0.1) is 50.4 Å². The fourth-order valence-electron chi connectivity index (χ4n) is 7.22. The minimum atomic E-state index is 0.642. The number of hydrogen-bond acceptors (Lipinski definition) is 5. The number of aromatic nitrogens is 5. The Labute approximate surface area is 335 Å². The average molecular weight is 820 g/mol. The van der Waals surface area contributed by atoms with Gasteiger partial charge in [-0.15, -0.1) is 0 Å². The van der Waals surface area contributed by atoms with Gasteiger partial charge in [0.1, 0.15) is 0 Å². The standard InChI is InChI=1S/C25H17ClN4.C20H13BrClN3/c1-15-16(2)29-23-4-3-20(26)13-22(23)25(15)30-10-7-21-19(14-27)11-18(12-24(21)30)17-5-8-28-9-6-17;1-11-12(2)24-18-4-3-15(22)9-17(18)20(11)25-6-5-16-13(10-23)7-14(21)8-19(16)25/h3-13H,1-2H3;3-9H,1-2H3. The van der Waals surface area contributed by atoms with Gasteiger partial charge in [-0.25, -0.2) is 0 Å². The molecule has 9 rings (SSSR count). The number of rotatable bonds is 3. The molecule has 0 fully saturated rings. The lowest BCUT2D eigenvalue weighted by atomic mass is 10.0. The van der Waals surface area contributed by atoms with Gasteiger partial charge < -0.3 is 9.13 Å². The molecular weight excluding hydrogens is 789 g/mol. The Morgan fingerprint density at radius 3 is 1.56 bits per heavy atom. The molecule has 266 valence electrons. The first-order valence-electron chi connectivity index (χ1n) is 17.4. The van der Waals surface area contributed by atoms with Crippen LogP contribution in [0.4, 0.5) is 0 Å². The highest BCUT2D eigenvalue weighted by Crippen LogP contribution is 2.36. The van der Waals surface area contributed by atoms with E-state index in [4.69, 9.17) is 28.2 Å². The third-order valence-corrected chi connectivity index (χ3v) is 11.0. The molecule has 5 aromatic heterocycles. The molecule has 0 aliphatic heterocycles. The van der Waals surface area contributed by atoms with E-state index in [-0.39, 0.29) is 0 Å². The number of pyridine rings is 3. The van der Waals surface area contributed by atoms with Gasteiger partial charge in [0, 0.05) is 72.2 Å². The number of aryl methyl sites for hydroxylation is 2. The highest BCUT2D eigenvalue weighted by molar-refractivity contribution is 9.10.